The van der Waals surface area contributed by atoms with Gasteiger partial charge in [0, 0.05) is 24.1 Å². The van der Waals surface area contributed by atoms with Gasteiger partial charge in [-0.25, -0.2) is 19.6 Å². The summed E-state index contributed by atoms with van der Waals surface area (Å²) in [4.78, 5) is 81.1. The van der Waals surface area contributed by atoms with E-state index in [0.29, 0.717) is 124 Å². The molecular weight excluding hydrogens is 1070 g/mol. The van der Waals surface area contributed by atoms with Gasteiger partial charge in [0.15, 0.2) is 0 Å². The molecule has 0 unspecified atom stereocenters. The number of carbonyl (C=O) groups is 6. The fraction of sp³-hybridized carbons (Fsp3) is 0.406. The van der Waals surface area contributed by atoms with Crippen molar-refractivity contribution < 1.29 is 66.7 Å². The Balaban J connectivity index is 0.897. The van der Waals surface area contributed by atoms with Gasteiger partial charge in [-0.3, -0.25) is 19.2 Å². The highest BCUT2D eigenvalue weighted by Gasteiger charge is 2.34. The molecule has 1 aromatic heterocycles. The predicted octanol–water partition coefficient (Wildman–Crippen LogP) is 12.1. The first-order valence-corrected chi connectivity index (χ1v) is 29.0. The number of para-hydroxylation sites is 1. The normalized spacial score (nSPS) is 16.7. The Kier molecular flexibility index (Phi) is 24.5. The highest BCUT2D eigenvalue weighted by molar-refractivity contribution is 7.22. The summed E-state index contributed by atoms with van der Waals surface area (Å²) in [7, 11) is 0. The van der Waals surface area contributed by atoms with Crippen molar-refractivity contribution in [2.75, 3.05) is 38.0 Å². The number of carbonyl (C=O) groups excluding carboxylic acids is 6. The van der Waals surface area contributed by atoms with Crippen LogP contribution < -0.4 is 33.4 Å². The van der Waals surface area contributed by atoms with Gasteiger partial charge >= 0.3 is 35.8 Å². The molecule has 1 heterocycles. The monoisotopic (exact) mass is 1140 g/mol. The average Bonchev–Trinajstić information content (AvgIpc) is 4.12. The van der Waals surface area contributed by atoms with Crippen LogP contribution in [0.2, 0.25) is 0 Å². The molecule has 432 valence electrons. The lowest BCUT2D eigenvalue weighted by molar-refractivity contribution is -0.145. The van der Waals surface area contributed by atoms with Gasteiger partial charge in [-0.1, -0.05) is 36.6 Å². The third-order valence-corrected chi connectivity index (χ3v) is 15.1. The van der Waals surface area contributed by atoms with E-state index in [-0.39, 0.29) is 29.4 Å². The SMILES string of the molecule is C#CCCN(N=Cc1cc(OC(=O)C2CCC(C(=O)Oc3ccc(OCCCCCCOC(=O)C=C)cc3)CC2)ccc1OC(=O)C1CCC(C(=O)Oc2ccc(OCCCCCCOC(=O)C=C)cc2)CC1)c1nc2ccccc2s1. The zero-order valence-electron chi connectivity index (χ0n) is 46.2. The van der Waals surface area contributed by atoms with Gasteiger partial charge < -0.3 is 37.9 Å². The molecule has 5 aromatic rings. The molecule has 7 rings (SSSR count). The number of esters is 6. The van der Waals surface area contributed by atoms with Gasteiger partial charge in [0.05, 0.1) is 73.1 Å². The van der Waals surface area contributed by atoms with E-state index in [2.05, 4.69) is 19.1 Å². The van der Waals surface area contributed by atoms with Gasteiger partial charge in [-0.15, -0.1) is 12.3 Å². The van der Waals surface area contributed by atoms with Gasteiger partial charge in [0.1, 0.15) is 34.5 Å². The minimum atomic E-state index is -0.484. The van der Waals surface area contributed by atoms with E-state index in [4.69, 9.17) is 54.4 Å². The Hall–Kier alpha value is -8.30. The Morgan fingerprint density at radius 2 is 0.988 bits per heavy atom. The van der Waals surface area contributed by atoms with Crippen LogP contribution in [0.4, 0.5) is 5.13 Å². The molecule has 0 bridgehead atoms. The number of terminal acetylenes is 1. The number of hydrazone groups is 1. The number of nitrogens with zero attached hydrogens (tertiary/aromatic N) is 3. The number of aromatic nitrogens is 1. The molecule has 0 N–H and O–H groups in total. The average molecular weight is 1140 g/mol. The number of ether oxygens (including phenoxy) is 8. The predicted molar refractivity (Wildman–Crippen MR) is 311 cm³/mol. The van der Waals surface area contributed by atoms with Crippen LogP contribution >= 0.6 is 11.3 Å². The third-order valence-electron chi connectivity index (χ3n) is 14.0. The third kappa shape index (κ3) is 19.8. The lowest BCUT2D eigenvalue weighted by Gasteiger charge is -2.26. The molecule has 2 aliphatic carbocycles. The second-order valence-electron chi connectivity index (χ2n) is 20.0. The lowest BCUT2D eigenvalue weighted by atomic mass is 9.82. The molecule has 0 radical (unpaired) electrons. The van der Waals surface area contributed by atoms with Gasteiger partial charge in [-0.05, 0) is 182 Å². The van der Waals surface area contributed by atoms with Crippen molar-refractivity contribution in [2.24, 2.45) is 28.8 Å². The zero-order chi connectivity index (χ0) is 57.9. The fourth-order valence-electron chi connectivity index (χ4n) is 9.35. The van der Waals surface area contributed by atoms with E-state index < -0.39 is 41.6 Å². The van der Waals surface area contributed by atoms with Crippen LogP contribution in [-0.4, -0.2) is 80.0 Å². The lowest BCUT2D eigenvalue weighted by Crippen LogP contribution is -2.30. The maximum atomic E-state index is 13.9. The van der Waals surface area contributed by atoms with Gasteiger partial charge in [-0.2, -0.15) is 5.10 Å². The smallest absolute Gasteiger partial charge is 0.330 e. The van der Waals surface area contributed by atoms with Crippen LogP contribution in [0.15, 0.2) is 121 Å². The van der Waals surface area contributed by atoms with Crippen LogP contribution in [0, 0.1) is 36.0 Å². The Labute approximate surface area is 482 Å². The summed E-state index contributed by atoms with van der Waals surface area (Å²) in [6.07, 6.45) is 20.2. The van der Waals surface area contributed by atoms with Gasteiger partial charge in [0.2, 0.25) is 5.13 Å². The van der Waals surface area contributed by atoms with Crippen LogP contribution in [0.1, 0.15) is 115 Å². The summed E-state index contributed by atoms with van der Waals surface area (Å²) < 4.78 is 46.1. The molecule has 18 heteroatoms. The summed E-state index contributed by atoms with van der Waals surface area (Å²) in [5.74, 6) is 0.992. The minimum Gasteiger partial charge on any atom is -0.494 e. The molecule has 17 nitrogen and oxygen atoms in total. The summed E-state index contributed by atoms with van der Waals surface area (Å²) >= 11 is 1.45. The molecule has 82 heavy (non-hydrogen) atoms. The number of thiazole rings is 1. The van der Waals surface area contributed by atoms with Crippen molar-refractivity contribution in [3.8, 4) is 46.8 Å². The van der Waals surface area contributed by atoms with Crippen molar-refractivity contribution in [3.05, 3.63) is 122 Å². The van der Waals surface area contributed by atoms with Crippen LogP contribution in [0.3, 0.4) is 0 Å². The molecule has 0 saturated heterocycles. The molecule has 2 saturated carbocycles. The quantitative estimate of drug-likeness (QED) is 0.00769. The molecular formula is C64H71N3O14S. The highest BCUT2D eigenvalue weighted by atomic mass is 32.1. The number of fused-ring (bicyclic) bond motifs is 1. The summed E-state index contributed by atoms with van der Waals surface area (Å²) in [6, 6.07) is 26.3. The number of hydrogen-bond donors (Lipinski definition) is 0. The van der Waals surface area contributed by atoms with Crippen LogP contribution in [0.5, 0.6) is 34.5 Å². The first-order valence-electron chi connectivity index (χ1n) is 28.1. The number of hydrogen-bond acceptors (Lipinski definition) is 18. The summed E-state index contributed by atoms with van der Waals surface area (Å²) in [5, 5.41) is 7.07. The highest BCUT2D eigenvalue weighted by Crippen LogP contribution is 2.36. The van der Waals surface area contributed by atoms with Crippen molar-refractivity contribution in [1.82, 2.24) is 4.98 Å². The van der Waals surface area contributed by atoms with Crippen molar-refractivity contribution in [1.29, 1.82) is 0 Å². The van der Waals surface area contributed by atoms with E-state index in [1.165, 1.54) is 17.6 Å². The molecule has 0 spiro atoms. The largest absolute Gasteiger partial charge is 0.494 e. The minimum absolute atomic E-state index is 0.197. The molecule has 0 atom stereocenters. The van der Waals surface area contributed by atoms with Crippen LogP contribution in [0.25, 0.3) is 10.2 Å². The number of anilines is 1. The summed E-state index contributed by atoms with van der Waals surface area (Å²) in [6.45, 7) is 8.91. The number of benzene rings is 4. The van der Waals surface area contributed by atoms with Crippen LogP contribution in [-0.2, 0) is 38.2 Å². The zero-order valence-corrected chi connectivity index (χ0v) is 47.0. The Morgan fingerprint density at radius 3 is 1.45 bits per heavy atom. The number of rotatable bonds is 31. The van der Waals surface area contributed by atoms with E-state index in [1.54, 1.807) is 71.7 Å². The van der Waals surface area contributed by atoms with E-state index in [9.17, 15) is 28.8 Å². The standard InChI is InChI=1S/C64H71N3O14S/c1-4-7-38-67(64-66-55-18-12-13-19-57(55)82-64)65-44-49-43-54(80-62(72)47-22-20-45(21-23-47)60(70)78-52-32-28-50(29-33-52)74-39-14-8-10-16-41-76-58(68)5-2)36-37-56(49)81-63(73)48-26-24-46(25-27-48)61(71)79-53-34-30-51(31-35-53)75-40-15-9-11-17-42-77-59(69)6-3/h1,5-6,12-13,18-19,28-37,43-48H,2-3,7-11,14-17,20-27,38-42H2. The Morgan fingerprint density at radius 1 is 0.561 bits per heavy atom. The maximum absolute atomic E-state index is 13.9. The van der Waals surface area contributed by atoms with Crippen molar-refractivity contribution >= 4 is 68.7 Å². The van der Waals surface area contributed by atoms with E-state index in [1.807, 2.05) is 24.3 Å². The van der Waals surface area contributed by atoms with E-state index in [0.717, 1.165) is 73.7 Å². The summed E-state index contributed by atoms with van der Waals surface area (Å²) in [5.41, 5.74) is 1.17. The van der Waals surface area contributed by atoms with Crippen molar-refractivity contribution in [3.63, 3.8) is 0 Å². The van der Waals surface area contributed by atoms with E-state index >= 15 is 0 Å². The fourth-order valence-corrected chi connectivity index (χ4v) is 10.3. The second kappa shape index (κ2) is 32.8. The molecule has 0 aliphatic heterocycles. The molecule has 0 amide bonds. The maximum Gasteiger partial charge on any atom is 0.330 e. The first-order chi connectivity index (χ1) is 40.0. The first kappa shape index (κ1) is 61.3. The Bertz CT molecular complexity index is 2970. The topological polar surface area (TPSA) is 205 Å². The second-order valence-corrected chi connectivity index (χ2v) is 21.0. The van der Waals surface area contributed by atoms with Crippen molar-refractivity contribution in [2.45, 2.75) is 109 Å². The molecule has 2 fully saturated rings. The van der Waals surface area contributed by atoms with Gasteiger partial charge in [0.25, 0.3) is 0 Å². The molecule has 2 aliphatic rings. The number of unbranched alkanes of at least 4 members (excludes halogenated alkanes) is 6. The molecule has 4 aromatic carbocycles.